The molecule has 0 aromatic carbocycles. The van der Waals surface area contributed by atoms with Gasteiger partial charge in [-0.05, 0) is 6.92 Å². The van der Waals surface area contributed by atoms with Crippen molar-refractivity contribution in [3.8, 4) is 0 Å². The molecule has 0 unspecified atom stereocenters. The van der Waals surface area contributed by atoms with Gasteiger partial charge in [-0.1, -0.05) is 18.2 Å². The molecule has 1 heterocycles. The fourth-order valence-corrected chi connectivity index (χ4v) is 1.24. The smallest absolute Gasteiger partial charge is 0.306 e. The second kappa shape index (κ2) is 4.59. The van der Waals surface area contributed by atoms with Crippen LogP contribution in [0, 0.1) is 0 Å². The molecule has 15 heavy (non-hydrogen) atoms. The lowest BCUT2D eigenvalue weighted by Gasteiger charge is -2.06. The third-order valence-corrected chi connectivity index (χ3v) is 1.90. The van der Waals surface area contributed by atoms with Crippen LogP contribution in [0.3, 0.4) is 0 Å². The molecule has 0 saturated carbocycles. The van der Waals surface area contributed by atoms with Crippen molar-refractivity contribution in [1.82, 2.24) is 9.13 Å². The third-order valence-electron chi connectivity index (χ3n) is 1.90. The molecule has 0 aliphatic rings. The summed E-state index contributed by atoms with van der Waals surface area (Å²) in [6, 6.07) is 0. The second-order valence-electron chi connectivity index (χ2n) is 3.43. The lowest BCUT2D eigenvalue weighted by atomic mass is 10.3. The Hall–Kier alpha value is -1.84. The Bertz CT molecular complexity index is 494. The maximum atomic E-state index is 11.6. The van der Waals surface area contributed by atoms with Gasteiger partial charge in [-0.3, -0.25) is 9.59 Å². The zero-order chi connectivity index (χ0) is 11.4. The first-order chi connectivity index (χ1) is 7.06. The number of hydrogen-bond donors (Lipinski definition) is 0. The highest BCUT2D eigenvalue weighted by Gasteiger charge is 2.03. The lowest BCUT2D eigenvalue weighted by molar-refractivity contribution is 0.668. The Morgan fingerprint density at radius 1 is 1.33 bits per heavy atom. The van der Waals surface area contributed by atoms with Crippen molar-refractivity contribution in [1.29, 1.82) is 0 Å². The molecule has 0 saturated heterocycles. The molecule has 0 atom stereocenters. The summed E-state index contributed by atoms with van der Waals surface area (Å²) in [5.41, 5.74) is -0.223. The van der Waals surface area contributed by atoms with Gasteiger partial charge < -0.3 is 9.13 Å². The molecule has 0 fully saturated rings. The molecule has 0 radical (unpaired) electrons. The summed E-state index contributed by atoms with van der Waals surface area (Å²) in [5, 5.41) is 0. The van der Waals surface area contributed by atoms with Crippen LogP contribution < -0.4 is 11.1 Å². The van der Waals surface area contributed by atoms with Crippen LogP contribution in [0.15, 0.2) is 46.8 Å². The quantitative estimate of drug-likeness (QED) is 0.539. The van der Waals surface area contributed by atoms with E-state index in [0.717, 1.165) is 5.57 Å². The minimum atomic E-state index is -0.529. The van der Waals surface area contributed by atoms with Crippen molar-refractivity contribution in [2.24, 2.45) is 0 Å². The van der Waals surface area contributed by atoms with Crippen molar-refractivity contribution >= 4 is 0 Å². The first kappa shape index (κ1) is 11.2. The Labute approximate surface area is 87.8 Å². The monoisotopic (exact) mass is 206 g/mol. The normalized spacial score (nSPS) is 9.93. The van der Waals surface area contributed by atoms with Crippen molar-refractivity contribution in [2.45, 2.75) is 20.0 Å². The predicted octanol–water partition coefficient (Wildman–Crippen LogP) is 0.772. The maximum Gasteiger partial charge on any atom is 0.316 e. The summed E-state index contributed by atoms with van der Waals surface area (Å²) in [4.78, 5) is 23.1. The Morgan fingerprint density at radius 2 is 1.87 bits per heavy atom. The average Bonchev–Trinajstić information content (AvgIpc) is 2.17. The molecule has 1 aromatic heterocycles. The maximum absolute atomic E-state index is 11.6. The SMILES string of the molecule is C=CCn1ccn(CC(=C)C)c(=O)c1=O. The Balaban J connectivity index is 3.21. The Kier molecular flexibility index (Phi) is 3.44. The number of rotatable bonds is 4. The standard InChI is InChI=1S/C11H14N2O2/c1-4-5-12-6-7-13(8-9(2)3)11(15)10(12)14/h4,6-7H,1-2,5,8H2,3H3. The van der Waals surface area contributed by atoms with Crippen LogP contribution in [-0.2, 0) is 13.1 Å². The van der Waals surface area contributed by atoms with Gasteiger partial charge in [-0.2, -0.15) is 0 Å². The highest BCUT2D eigenvalue weighted by atomic mass is 16.2. The predicted molar refractivity (Wildman–Crippen MR) is 60.0 cm³/mol. The van der Waals surface area contributed by atoms with E-state index in [0.29, 0.717) is 13.1 Å². The summed E-state index contributed by atoms with van der Waals surface area (Å²) >= 11 is 0. The molecule has 4 heteroatoms. The molecule has 0 bridgehead atoms. The Morgan fingerprint density at radius 3 is 2.40 bits per heavy atom. The molecule has 80 valence electrons. The zero-order valence-corrected chi connectivity index (χ0v) is 8.77. The van der Waals surface area contributed by atoms with Gasteiger partial charge in [0.15, 0.2) is 0 Å². The van der Waals surface area contributed by atoms with E-state index in [1.165, 1.54) is 9.13 Å². The van der Waals surface area contributed by atoms with Gasteiger partial charge in [-0.25, -0.2) is 0 Å². The third kappa shape index (κ3) is 2.56. The van der Waals surface area contributed by atoms with Gasteiger partial charge in [0.2, 0.25) is 0 Å². The van der Waals surface area contributed by atoms with Crippen LogP contribution in [-0.4, -0.2) is 9.13 Å². The fourth-order valence-electron chi connectivity index (χ4n) is 1.24. The van der Waals surface area contributed by atoms with Gasteiger partial charge in [0.25, 0.3) is 0 Å². The molecule has 4 nitrogen and oxygen atoms in total. The lowest BCUT2D eigenvalue weighted by Crippen LogP contribution is -2.40. The summed E-state index contributed by atoms with van der Waals surface area (Å²) < 4.78 is 2.68. The van der Waals surface area contributed by atoms with Gasteiger partial charge in [-0.15, -0.1) is 6.58 Å². The minimum absolute atomic E-state index is 0.349. The van der Waals surface area contributed by atoms with Gasteiger partial charge in [0.1, 0.15) is 0 Å². The zero-order valence-electron chi connectivity index (χ0n) is 8.77. The van der Waals surface area contributed by atoms with Crippen LogP contribution >= 0.6 is 0 Å². The average molecular weight is 206 g/mol. The molecule has 1 rings (SSSR count). The minimum Gasteiger partial charge on any atom is -0.306 e. The summed E-state index contributed by atoms with van der Waals surface area (Å²) in [6.45, 7) is 9.74. The van der Waals surface area contributed by atoms with Crippen molar-refractivity contribution in [2.75, 3.05) is 0 Å². The van der Waals surface area contributed by atoms with Crippen LogP contribution in [0.1, 0.15) is 6.92 Å². The largest absolute Gasteiger partial charge is 0.316 e. The summed E-state index contributed by atoms with van der Waals surface area (Å²) in [7, 11) is 0. The van der Waals surface area contributed by atoms with E-state index >= 15 is 0 Å². The molecule has 0 spiro atoms. The van der Waals surface area contributed by atoms with Crippen molar-refractivity contribution < 1.29 is 0 Å². The molecule has 1 aromatic rings. The van der Waals surface area contributed by atoms with Gasteiger partial charge >= 0.3 is 11.1 Å². The number of nitrogens with zero attached hydrogens (tertiary/aromatic N) is 2. The highest BCUT2D eigenvalue weighted by Crippen LogP contribution is 1.90. The number of aromatic nitrogens is 2. The first-order valence-electron chi connectivity index (χ1n) is 4.61. The van der Waals surface area contributed by atoms with E-state index in [1.54, 1.807) is 18.5 Å². The molecule has 0 amide bonds. The second-order valence-corrected chi connectivity index (χ2v) is 3.43. The van der Waals surface area contributed by atoms with E-state index in [1.807, 2.05) is 6.92 Å². The molecular weight excluding hydrogens is 192 g/mol. The molecule has 0 N–H and O–H groups in total. The van der Waals surface area contributed by atoms with Crippen molar-refractivity contribution in [3.63, 3.8) is 0 Å². The van der Waals surface area contributed by atoms with Crippen LogP contribution in [0.5, 0.6) is 0 Å². The van der Waals surface area contributed by atoms with Crippen LogP contribution in [0.4, 0.5) is 0 Å². The molecule has 0 aliphatic carbocycles. The van der Waals surface area contributed by atoms with E-state index in [4.69, 9.17) is 0 Å². The van der Waals surface area contributed by atoms with E-state index in [9.17, 15) is 9.59 Å². The fraction of sp³-hybridized carbons (Fsp3) is 0.273. The van der Waals surface area contributed by atoms with Crippen LogP contribution in [0.25, 0.3) is 0 Å². The van der Waals surface area contributed by atoms with Crippen LogP contribution in [0.2, 0.25) is 0 Å². The topological polar surface area (TPSA) is 44.0 Å². The van der Waals surface area contributed by atoms with Crippen molar-refractivity contribution in [3.05, 3.63) is 57.9 Å². The summed E-state index contributed by atoms with van der Waals surface area (Å²) in [5.74, 6) is 0. The van der Waals surface area contributed by atoms with Gasteiger partial charge in [0, 0.05) is 25.5 Å². The van der Waals surface area contributed by atoms with E-state index in [-0.39, 0.29) is 0 Å². The van der Waals surface area contributed by atoms with Gasteiger partial charge in [0.05, 0.1) is 0 Å². The number of allylic oxidation sites excluding steroid dienone is 2. The van der Waals surface area contributed by atoms with E-state index < -0.39 is 11.1 Å². The molecular formula is C11H14N2O2. The summed E-state index contributed by atoms with van der Waals surface area (Å²) in [6.07, 6.45) is 4.74. The number of hydrogen-bond acceptors (Lipinski definition) is 2. The first-order valence-corrected chi connectivity index (χ1v) is 4.61. The van der Waals surface area contributed by atoms with E-state index in [2.05, 4.69) is 13.2 Å². The highest BCUT2D eigenvalue weighted by molar-refractivity contribution is 4.94. The molecule has 0 aliphatic heterocycles.